The molecule has 2 nitrogen and oxygen atoms in total. The van der Waals surface area contributed by atoms with Gasteiger partial charge in [-0.3, -0.25) is 0 Å². The van der Waals surface area contributed by atoms with Crippen molar-refractivity contribution in [1.82, 2.24) is 10.2 Å². The number of unbranched alkanes of at least 4 members (excludes halogenated alkanes) is 1. The Morgan fingerprint density at radius 1 is 1.15 bits per heavy atom. The van der Waals surface area contributed by atoms with Crippen molar-refractivity contribution < 1.29 is 0 Å². The van der Waals surface area contributed by atoms with Gasteiger partial charge in [0, 0.05) is 18.6 Å². The van der Waals surface area contributed by atoms with Crippen molar-refractivity contribution in [3.05, 3.63) is 35.9 Å². The van der Waals surface area contributed by atoms with E-state index in [1.807, 2.05) is 0 Å². The Hall–Kier alpha value is -0.860. The number of likely N-dealkylation sites (tertiary alicyclic amines) is 1. The van der Waals surface area contributed by atoms with Crippen LogP contribution in [0.3, 0.4) is 0 Å². The lowest BCUT2D eigenvalue weighted by molar-refractivity contribution is 0.282. The van der Waals surface area contributed by atoms with Crippen molar-refractivity contribution in [2.45, 2.75) is 58.0 Å². The summed E-state index contributed by atoms with van der Waals surface area (Å²) in [6.45, 7) is 8.37. The van der Waals surface area contributed by atoms with E-state index < -0.39 is 0 Å². The summed E-state index contributed by atoms with van der Waals surface area (Å²) in [6, 6.07) is 12.0. The summed E-state index contributed by atoms with van der Waals surface area (Å²) in [5.74, 6) is 0. The minimum atomic E-state index is 0.508. The first-order valence-electron chi connectivity index (χ1n) is 8.33. The zero-order chi connectivity index (χ0) is 14.2. The second-order valence-corrected chi connectivity index (χ2v) is 6.18. The number of rotatable bonds is 8. The van der Waals surface area contributed by atoms with Gasteiger partial charge in [0.1, 0.15) is 0 Å². The first-order valence-corrected chi connectivity index (χ1v) is 8.33. The topological polar surface area (TPSA) is 15.3 Å². The fraction of sp³-hybridized carbons (Fsp3) is 0.667. The van der Waals surface area contributed by atoms with Gasteiger partial charge in [-0.2, -0.15) is 0 Å². The molecule has 1 aliphatic heterocycles. The lowest BCUT2D eigenvalue weighted by Gasteiger charge is -2.27. The molecular weight excluding hydrogens is 244 g/mol. The Labute approximate surface area is 124 Å². The van der Waals surface area contributed by atoms with E-state index in [0.717, 1.165) is 0 Å². The predicted molar refractivity (Wildman–Crippen MR) is 87.0 cm³/mol. The number of benzene rings is 1. The highest BCUT2D eigenvalue weighted by Gasteiger charge is 2.18. The van der Waals surface area contributed by atoms with Crippen molar-refractivity contribution >= 4 is 0 Å². The van der Waals surface area contributed by atoms with E-state index in [1.165, 1.54) is 57.3 Å². The van der Waals surface area contributed by atoms with E-state index in [1.54, 1.807) is 0 Å². The van der Waals surface area contributed by atoms with Crippen molar-refractivity contribution in [2.75, 3.05) is 19.6 Å². The second kappa shape index (κ2) is 8.43. The molecule has 0 aliphatic carbocycles. The molecule has 2 unspecified atom stereocenters. The largest absolute Gasteiger partial charge is 0.306 e. The fourth-order valence-corrected chi connectivity index (χ4v) is 3.19. The molecule has 1 N–H and O–H groups in total. The summed E-state index contributed by atoms with van der Waals surface area (Å²) in [4.78, 5) is 2.60. The summed E-state index contributed by atoms with van der Waals surface area (Å²) in [5, 5.41) is 3.85. The first kappa shape index (κ1) is 15.5. The minimum absolute atomic E-state index is 0.508. The maximum absolute atomic E-state index is 3.85. The van der Waals surface area contributed by atoms with Crippen LogP contribution >= 0.6 is 0 Å². The lowest BCUT2D eigenvalue weighted by atomic mass is 10.0. The monoisotopic (exact) mass is 274 g/mol. The summed E-state index contributed by atoms with van der Waals surface area (Å²) in [7, 11) is 0. The highest BCUT2D eigenvalue weighted by molar-refractivity contribution is 5.19. The van der Waals surface area contributed by atoms with E-state index in [4.69, 9.17) is 0 Å². The quantitative estimate of drug-likeness (QED) is 0.771. The Kier molecular flexibility index (Phi) is 6.55. The lowest BCUT2D eigenvalue weighted by Crippen LogP contribution is -2.39. The van der Waals surface area contributed by atoms with Crippen LogP contribution in [0.15, 0.2) is 30.3 Å². The van der Waals surface area contributed by atoms with Crippen LogP contribution in [0.4, 0.5) is 0 Å². The molecule has 1 aromatic rings. The molecule has 0 amide bonds. The van der Waals surface area contributed by atoms with Gasteiger partial charge in [0.15, 0.2) is 0 Å². The molecule has 0 bridgehead atoms. The Morgan fingerprint density at radius 3 is 2.50 bits per heavy atom. The van der Waals surface area contributed by atoms with Gasteiger partial charge in [0.05, 0.1) is 0 Å². The molecule has 1 saturated heterocycles. The second-order valence-electron chi connectivity index (χ2n) is 6.18. The Morgan fingerprint density at radius 2 is 1.85 bits per heavy atom. The van der Waals surface area contributed by atoms with Gasteiger partial charge in [0.25, 0.3) is 0 Å². The van der Waals surface area contributed by atoms with Crippen LogP contribution in [0.2, 0.25) is 0 Å². The zero-order valence-electron chi connectivity index (χ0n) is 13.1. The van der Waals surface area contributed by atoms with E-state index in [2.05, 4.69) is 54.4 Å². The number of hydrogen-bond acceptors (Lipinski definition) is 2. The van der Waals surface area contributed by atoms with E-state index >= 15 is 0 Å². The molecule has 1 fully saturated rings. The molecule has 0 aromatic heterocycles. The van der Waals surface area contributed by atoms with Gasteiger partial charge in [-0.1, -0.05) is 50.1 Å². The van der Waals surface area contributed by atoms with Crippen molar-refractivity contribution in [1.29, 1.82) is 0 Å². The van der Waals surface area contributed by atoms with Crippen LogP contribution < -0.4 is 5.32 Å². The van der Waals surface area contributed by atoms with Crippen LogP contribution in [0.25, 0.3) is 0 Å². The Bertz CT molecular complexity index is 357. The van der Waals surface area contributed by atoms with E-state index in [0.29, 0.717) is 12.1 Å². The van der Waals surface area contributed by atoms with Crippen LogP contribution in [-0.4, -0.2) is 30.6 Å². The molecule has 0 spiro atoms. The van der Waals surface area contributed by atoms with Crippen molar-refractivity contribution in [2.24, 2.45) is 0 Å². The van der Waals surface area contributed by atoms with Gasteiger partial charge < -0.3 is 10.2 Å². The molecular formula is C18H30N2. The maximum atomic E-state index is 3.85. The molecule has 112 valence electrons. The van der Waals surface area contributed by atoms with Gasteiger partial charge in [-0.25, -0.2) is 0 Å². The van der Waals surface area contributed by atoms with Crippen molar-refractivity contribution in [3.63, 3.8) is 0 Å². The summed E-state index contributed by atoms with van der Waals surface area (Å²) in [6.07, 6.45) is 6.56. The SMILES string of the molecule is CCCCC(NC(C)CN1CCCC1)c1ccccc1. The average Bonchev–Trinajstić information content (AvgIpc) is 2.97. The first-order chi connectivity index (χ1) is 9.79. The predicted octanol–water partition coefficient (Wildman–Crippen LogP) is 3.99. The smallest absolute Gasteiger partial charge is 0.0323 e. The summed E-state index contributed by atoms with van der Waals surface area (Å²) < 4.78 is 0. The third kappa shape index (κ3) is 4.92. The van der Waals surface area contributed by atoms with E-state index in [-0.39, 0.29) is 0 Å². The highest BCUT2D eigenvalue weighted by Crippen LogP contribution is 2.20. The molecule has 1 aliphatic rings. The van der Waals surface area contributed by atoms with Crippen LogP contribution in [0, 0.1) is 0 Å². The number of nitrogens with zero attached hydrogens (tertiary/aromatic N) is 1. The fourth-order valence-electron chi connectivity index (χ4n) is 3.19. The van der Waals surface area contributed by atoms with Gasteiger partial charge in [-0.05, 0) is 44.8 Å². The third-order valence-corrected chi connectivity index (χ3v) is 4.26. The third-order valence-electron chi connectivity index (χ3n) is 4.26. The molecule has 2 heteroatoms. The van der Waals surface area contributed by atoms with Crippen LogP contribution in [0.5, 0.6) is 0 Å². The normalized spacial score (nSPS) is 19.1. The average molecular weight is 274 g/mol. The number of nitrogens with one attached hydrogen (secondary N) is 1. The molecule has 0 saturated carbocycles. The number of hydrogen-bond donors (Lipinski definition) is 1. The van der Waals surface area contributed by atoms with E-state index in [9.17, 15) is 0 Å². The molecule has 1 heterocycles. The van der Waals surface area contributed by atoms with Crippen molar-refractivity contribution in [3.8, 4) is 0 Å². The standard InChI is InChI=1S/C18H30N2/c1-3-4-12-18(17-10-6-5-7-11-17)19-16(2)15-20-13-8-9-14-20/h5-7,10-11,16,18-19H,3-4,8-9,12-15H2,1-2H3. The van der Waals surface area contributed by atoms with Crippen LogP contribution in [-0.2, 0) is 0 Å². The molecule has 0 radical (unpaired) electrons. The molecule has 2 rings (SSSR count). The minimum Gasteiger partial charge on any atom is -0.306 e. The Balaban J connectivity index is 1.89. The summed E-state index contributed by atoms with van der Waals surface area (Å²) in [5.41, 5.74) is 1.44. The van der Waals surface area contributed by atoms with Gasteiger partial charge in [0.2, 0.25) is 0 Å². The molecule has 1 aromatic carbocycles. The van der Waals surface area contributed by atoms with Gasteiger partial charge in [-0.15, -0.1) is 0 Å². The molecule has 20 heavy (non-hydrogen) atoms. The van der Waals surface area contributed by atoms with Gasteiger partial charge >= 0.3 is 0 Å². The highest BCUT2D eigenvalue weighted by atomic mass is 15.2. The zero-order valence-corrected chi connectivity index (χ0v) is 13.1. The van der Waals surface area contributed by atoms with Crippen LogP contribution in [0.1, 0.15) is 57.6 Å². The maximum Gasteiger partial charge on any atom is 0.0323 e. The summed E-state index contributed by atoms with van der Waals surface area (Å²) >= 11 is 0. The molecule has 2 atom stereocenters.